The minimum absolute atomic E-state index is 0.769. The molecular weight excluding hydrogens is 228 g/mol. The van der Waals surface area contributed by atoms with Crippen LogP contribution in [-0.4, -0.2) is 34.0 Å². The summed E-state index contributed by atoms with van der Waals surface area (Å²) in [6, 6.07) is 5.05. The van der Waals surface area contributed by atoms with Crippen molar-refractivity contribution in [1.82, 2.24) is 9.88 Å². The molecule has 0 aromatic carbocycles. The van der Waals surface area contributed by atoms with E-state index in [4.69, 9.17) is 0 Å². The molecule has 0 unspecified atom stereocenters. The molecule has 0 saturated heterocycles. The monoisotopic (exact) mass is 250 g/mol. The van der Waals surface area contributed by atoms with Crippen LogP contribution in [0.25, 0.3) is 0 Å². The van der Waals surface area contributed by atoms with Gasteiger partial charge in [-0.05, 0) is 43.7 Å². The zero-order valence-electron chi connectivity index (χ0n) is 10.8. The maximum Gasteiger partial charge on any atom is 0.0312 e. The van der Waals surface area contributed by atoms with Crippen LogP contribution in [0.1, 0.15) is 31.7 Å². The van der Waals surface area contributed by atoms with Crippen LogP contribution in [0.3, 0.4) is 0 Å². The van der Waals surface area contributed by atoms with Gasteiger partial charge in [0.05, 0.1) is 0 Å². The second-order valence-electron chi connectivity index (χ2n) is 4.90. The molecule has 1 aliphatic rings. The van der Waals surface area contributed by atoms with Gasteiger partial charge in [0.1, 0.15) is 0 Å². The molecule has 17 heavy (non-hydrogen) atoms. The van der Waals surface area contributed by atoms with Crippen LogP contribution in [0, 0.1) is 0 Å². The van der Waals surface area contributed by atoms with Crippen molar-refractivity contribution in [3.8, 4) is 0 Å². The Hall–Kier alpha value is -0.540. The summed E-state index contributed by atoms with van der Waals surface area (Å²) in [5.41, 5.74) is 1.34. The maximum atomic E-state index is 4.20. The van der Waals surface area contributed by atoms with Gasteiger partial charge in [0, 0.05) is 30.2 Å². The second kappa shape index (κ2) is 6.41. The van der Waals surface area contributed by atoms with Gasteiger partial charge in [0.15, 0.2) is 0 Å². The Morgan fingerprint density at radius 3 is 2.94 bits per heavy atom. The molecule has 2 nitrogen and oxygen atoms in total. The molecule has 2 rings (SSSR count). The van der Waals surface area contributed by atoms with Gasteiger partial charge in [-0.15, -0.1) is 0 Å². The normalized spacial score (nSPS) is 17.4. The predicted octanol–water partition coefficient (Wildman–Crippen LogP) is 3.19. The molecule has 1 aromatic rings. The molecule has 1 saturated carbocycles. The highest BCUT2D eigenvalue weighted by Gasteiger charge is 2.28. The summed E-state index contributed by atoms with van der Waals surface area (Å²) in [7, 11) is 0. The molecule has 0 amide bonds. The fraction of sp³-hybridized carbons (Fsp3) is 0.643. The Balaban J connectivity index is 1.85. The van der Waals surface area contributed by atoms with Crippen LogP contribution in [0.4, 0.5) is 0 Å². The lowest BCUT2D eigenvalue weighted by Crippen LogP contribution is -2.28. The summed E-state index contributed by atoms with van der Waals surface area (Å²) in [5.74, 6) is 0. The molecule has 1 atom stereocenters. The summed E-state index contributed by atoms with van der Waals surface area (Å²) in [5, 5.41) is 0.769. The lowest BCUT2D eigenvalue weighted by molar-refractivity contribution is 0.251. The Bertz CT molecular complexity index is 324. The van der Waals surface area contributed by atoms with Gasteiger partial charge in [-0.1, -0.05) is 13.0 Å². The molecule has 0 aliphatic heterocycles. The number of thioether (sulfide) groups is 1. The van der Waals surface area contributed by atoms with Crippen molar-refractivity contribution in [2.45, 2.75) is 44.0 Å². The van der Waals surface area contributed by atoms with Crippen LogP contribution in [-0.2, 0) is 6.54 Å². The van der Waals surface area contributed by atoms with E-state index in [1.54, 1.807) is 0 Å². The lowest BCUT2D eigenvalue weighted by atomic mass is 10.2. The molecule has 1 heterocycles. The van der Waals surface area contributed by atoms with Crippen molar-refractivity contribution in [3.63, 3.8) is 0 Å². The van der Waals surface area contributed by atoms with E-state index in [0.717, 1.165) is 17.8 Å². The zero-order valence-corrected chi connectivity index (χ0v) is 11.6. The number of pyridine rings is 1. The summed E-state index contributed by atoms with van der Waals surface area (Å²) >= 11 is 1.97. The minimum Gasteiger partial charge on any atom is -0.296 e. The highest BCUT2D eigenvalue weighted by molar-refractivity contribution is 7.99. The van der Waals surface area contributed by atoms with Crippen LogP contribution >= 0.6 is 11.8 Å². The summed E-state index contributed by atoms with van der Waals surface area (Å²) < 4.78 is 0. The first-order valence-electron chi connectivity index (χ1n) is 6.45. The van der Waals surface area contributed by atoms with Crippen molar-refractivity contribution in [3.05, 3.63) is 30.1 Å². The largest absolute Gasteiger partial charge is 0.296 e. The predicted molar refractivity (Wildman–Crippen MR) is 75.3 cm³/mol. The summed E-state index contributed by atoms with van der Waals surface area (Å²) in [6.07, 6.45) is 10.1. The van der Waals surface area contributed by atoms with Gasteiger partial charge in [0.25, 0.3) is 0 Å². The third-order valence-corrected chi connectivity index (χ3v) is 4.44. The number of hydrogen-bond acceptors (Lipinski definition) is 3. The van der Waals surface area contributed by atoms with Crippen molar-refractivity contribution in [1.29, 1.82) is 0 Å². The molecule has 1 aliphatic carbocycles. The number of aromatic nitrogens is 1. The molecule has 0 N–H and O–H groups in total. The van der Waals surface area contributed by atoms with Crippen LogP contribution in [0.2, 0.25) is 0 Å². The zero-order chi connectivity index (χ0) is 12.1. The lowest BCUT2D eigenvalue weighted by Gasteiger charge is -2.23. The van der Waals surface area contributed by atoms with Crippen LogP contribution in [0.15, 0.2) is 24.5 Å². The van der Waals surface area contributed by atoms with E-state index < -0.39 is 0 Å². The Morgan fingerprint density at radius 1 is 1.53 bits per heavy atom. The topological polar surface area (TPSA) is 16.1 Å². The molecule has 0 spiro atoms. The van der Waals surface area contributed by atoms with Gasteiger partial charge in [-0.25, -0.2) is 0 Å². The van der Waals surface area contributed by atoms with E-state index in [1.165, 1.54) is 31.4 Å². The minimum atomic E-state index is 0.769. The van der Waals surface area contributed by atoms with Gasteiger partial charge < -0.3 is 0 Å². The molecule has 94 valence electrons. The Labute approximate surface area is 109 Å². The first kappa shape index (κ1) is 12.9. The van der Waals surface area contributed by atoms with Gasteiger partial charge in [0.2, 0.25) is 0 Å². The van der Waals surface area contributed by atoms with Crippen LogP contribution in [0.5, 0.6) is 0 Å². The average Bonchev–Trinajstić information content (AvgIpc) is 3.19. The smallest absolute Gasteiger partial charge is 0.0312 e. The maximum absolute atomic E-state index is 4.20. The van der Waals surface area contributed by atoms with E-state index in [2.05, 4.69) is 29.1 Å². The first-order valence-corrected chi connectivity index (χ1v) is 7.74. The SMILES string of the molecule is CS[C@@H](C)CCN(Cc1cccnc1)C1CC1. The molecule has 1 fully saturated rings. The quantitative estimate of drug-likeness (QED) is 0.739. The standard InChI is InChI=1S/C14H22N2S/c1-12(17-2)7-9-16(14-5-6-14)11-13-4-3-8-15-10-13/h3-4,8,10,12,14H,5-7,9,11H2,1-2H3/t12-/m0/s1. The molecule has 1 aromatic heterocycles. The molecule has 0 bridgehead atoms. The molecular formula is C14H22N2S. The van der Waals surface area contributed by atoms with E-state index >= 15 is 0 Å². The fourth-order valence-corrected chi connectivity index (χ4v) is 2.36. The van der Waals surface area contributed by atoms with Gasteiger partial charge in [-0.2, -0.15) is 11.8 Å². The van der Waals surface area contributed by atoms with Crippen molar-refractivity contribution >= 4 is 11.8 Å². The first-order chi connectivity index (χ1) is 8.29. The summed E-state index contributed by atoms with van der Waals surface area (Å²) in [6.45, 7) is 4.61. The number of rotatable bonds is 7. The van der Waals surface area contributed by atoms with E-state index in [0.29, 0.717) is 0 Å². The third-order valence-electron chi connectivity index (χ3n) is 3.40. The average molecular weight is 250 g/mol. The van der Waals surface area contributed by atoms with E-state index in [1.807, 2.05) is 30.2 Å². The van der Waals surface area contributed by atoms with E-state index in [-0.39, 0.29) is 0 Å². The van der Waals surface area contributed by atoms with Gasteiger partial charge in [-0.3, -0.25) is 9.88 Å². The van der Waals surface area contributed by atoms with Gasteiger partial charge >= 0.3 is 0 Å². The molecule has 3 heteroatoms. The van der Waals surface area contributed by atoms with Crippen molar-refractivity contribution in [2.75, 3.05) is 12.8 Å². The van der Waals surface area contributed by atoms with Crippen molar-refractivity contribution in [2.24, 2.45) is 0 Å². The Kier molecular flexibility index (Phi) is 4.86. The number of nitrogens with zero attached hydrogens (tertiary/aromatic N) is 2. The van der Waals surface area contributed by atoms with E-state index in [9.17, 15) is 0 Å². The molecule has 0 radical (unpaired) electrons. The second-order valence-corrected chi connectivity index (χ2v) is 6.17. The number of hydrogen-bond donors (Lipinski definition) is 0. The van der Waals surface area contributed by atoms with Crippen molar-refractivity contribution < 1.29 is 0 Å². The fourth-order valence-electron chi connectivity index (χ4n) is 2.02. The Morgan fingerprint density at radius 2 is 2.35 bits per heavy atom. The highest BCUT2D eigenvalue weighted by Crippen LogP contribution is 2.29. The van der Waals surface area contributed by atoms with Crippen LogP contribution < -0.4 is 0 Å². The summed E-state index contributed by atoms with van der Waals surface area (Å²) in [4.78, 5) is 6.83. The highest BCUT2D eigenvalue weighted by atomic mass is 32.2. The third kappa shape index (κ3) is 4.32.